The van der Waals surface area contributed by atoms with Crippen molar-refractivity contribution >= 4 is 86.2 Å². The predicted octanol–water partition coefficient (Wildman–Crippen LogP) is 8.42. The van der Waals surface area contributed by atoms with Crippen LogP contribution in [0.25, 0.3) is 10.9 Å². The van der Waals surface area contributed by atoms with Gasteiger partial charge in [0.05, 0.1) is 22.3 Å². The molecule has 18 nitrogen and oxygen atoms in total. The van der Waals surface area contributed by atoms with Gasteiger partial charge in [0.1, 0.15) is 33.9 Å². The SMILES string of the molecule is CN1C(=O)[C@H](CCCCNC(=O)OC(C)(C)C)NC(=O)[C@H](CCCNC(=O)OC(C)(C)C)NCc2nccnc2Sc2c(Cl)ccc(Br)c2CNC(=O)[C@@H]1Cc1cn(C(=O)OC(C)(C)C)c2ccccc12. The summed E-state index contributed by atoms with van der Waals surface area (Å²) in [5, 5.41) is 16.4. The van der Waals surface area contributed by atoms with Crippen LogP contribution in [0, 0.1) is 0 Å². The van der Waals surface area contributed by atoms with E-state index >= 15 is 4.79 Å². The monoisotopic (exact) mass is 1080 g/mol. The molecule has 0 bridgehead atoms. The highest BCUT2D eigenvalue weighted by atomic mass is 79.9. The molecule has 0 unspecified atom stereocenters. The fraction of sp³-hybridized carbons (Fsp3) is 0.520. The van der Waals surface area contributed by atoms with E-state index in [1.165, 1.54) is 28.3 Å². The number of unbranched alkanes of at least 4 members (excludes halogenated alkanes) is 1. The normalized spacial score (nSPS) is 17.5. The highest BCUT2D eigenvalue weighted by Gasteiger charge is 2.35. The van der Waals surface area contributed by atoms with Gasteiger partial charge in [-0.3, -0.25) is 23.9 Å². The summed E-state index contributed by atoms with van der Waals surface area (Å²) in [6.07, 6.45) is 4.38. The van der Waals surface area contributed by atoms with Gasteiger partial charge >= 0.3 is 18.3 Å². The van der Waals surface area contributed by atoms with Crippen LogP contribution in [0.3, 0.4) is 0 Å². The van der Waals surface area contributed by atoms with Gasteiger partial charge in [0.25, 0.3) is 0 Å². The van der Waals surface area contributed by atoms with Gasteiger partial charge < -0.3 is 45.7 Å². The molecule has 2 aromatic heterocycles. The molecule has 2 aromatic carbocycles. The molecule has 0 spiro atoms. The number of aromatic nitrogens is 3. The summed E-state index contributed by atoms with van der Waals surface area (Å²) in [7, 11) is 1.51. The average Bonchev–Trinajstić information content (AvgIpc) is 3.64. The molecule has 386 valence electrons. The van der Waals surface area contributed by atoms with Crippen molar-refractivity contribution in [3.63, 3.8) is 0 Å². The number of carbonyl (C=O) groups excluding carboxylic acids is 6. The number of amides is 5. The summed E-state index contributed by atoms with van der Waals surface area (Å²) >= 11 is 11.8. The van der Waals surface area contributed by atoms with Gasteiger partial charge in [-0.2, -0.15) is 0 Å². The average molecular weight is 1090 g/mol. The molecule has 71 heavy (non-hydrogen) atoms. The molecule has 3 atom stereocenters. The molecular formula is C50H67BrClN9O9S. The summed E-state index contributed by atoms with van der Waals surface area (Å²) in [6, 6.07) is 7.49. The number of ether oxygens (including phenoxy) is 3. The number of carbonyl (C=O) groups is 6. The summed E-state index contributed by atoms with van der Waals surface area (Å²) in [5.74, 6) is -1.59. The number of hydrogen-bond donors (Lipinski definition) is 5. The maximum Gasteiger partial charge on any atom is 0.419 e. The first-order valence-electron chi connectivity index (χ1n) is 23.6. The molecule has 1 aliphatic rings. The zero-order chi connectivity index (χ0) is 52.3. The van der Waals surface area contributed by atoms with E-state index in [0.717, 1.165) is 0 Å². The first-order valence-corrected chi connectivity index (χ1v) is 25.6. The van der Waals surface area contributed by atoms with Crippen LogP contribution in [0.15, 0.2) is 69.4 Å². The molecule has 3 heterocycles. The van der Waals surface area contributed by atoms with Crippen molar-refractivity contribution in [1.82, 2.24) is 46.0 Å². The van der Waals surface area contributed by atoms with Crippen molar-refractivity contribution < 1.29 is 43.0 Å². The van der Waals surface area contributed by atoms with Crippen LogP contribution in [-0.2, 0) is 48.1 Å². The Balaban J connectivity index is 1.56. The Morgan fingerprint density at radius 2 is 1.42 bits per heavy atom. The number of para-hydroxylation sites is 1. The van der Waals surface area contributed by atoms with Gasteiger partial charge in [-0.1, -0.05) is 57.5 Å². The van der Waals surface area contributed by atoms with Gasteiger partial charge in [-0.15, -0.1) is 0 Å². The van der Waals surface area contributed by atoms with Crippen molar-refractivity contribution in [2.45, 2.75) is 159 Å². The zero-order valence-corrected chi connectivity index (χ0v) is 45.3. The van der Waals surface area contributed by atoms with Gasteiger partial charge in [0.2, 0.25) is 17.7 Å². The topological polar surface area (TPSA) is 224 Å². The first-order chi connectivity index (χ1) is 33.3. The van der Waals surface area contributed by atoms with Crippen molar-refractivity contribution in [2.75, 3.05) is 20.1 Å². The van der Waals surface area contributed by atoms with Crippen LogP contribution in [0.4, 0.5) is 14.4 Å². The third kappa shape index (κ3) is 17.1. The summed E-state index contributed by atoms with van der Waals surface area (Å²) in [4.78, 5) is 94.3. The van der Waals surface area contributed by atoms with Gasteiger partial charge in [-0.25, -0.2) is 19.4 Å². The fourth-order valence-electron chi connectivity index (χ4n) is 7.55. The van der Waals surface area contributed by atoms with E-state index in [4.69, 9.17) is 25.8 Å². The third-order valence-electron chi connectivity index (χ3n) is 10.8. The minimum atomic E-state index is -1.18. The summed E-state index contributed by atoms with van der Waals surface area (Å²) < 4.78 is 18.6. The van der Waals surface area contributed by atoms with Crippen molar-refractivity contribution in [2.24, 2.45) is 0 Å². The number of fused-ring (bicyclic) bond motifs is 3. The van der Waals surface area contributed by atoms with E-state index in [-0.39, 0.29) is 45.4 Å². The second kappa shape index (κ2) is 24.8. The van der Waals surface area contributed by atoms with Crippen LogP contribution >= 0.6 is 39.3 Å². The molecule has 0 saturated heterocycles. The Labute approximate surface area is 433 Å². The number of alkyl carbamates (subject to hydrolysis) is 2. The number of likely N-dealkylation sites (N-methyl/N-ethyl adjacent to an activating group) is 1. The lowest BCUT2D eigenvalue weighted by atomic mass is 10.0. The van der Waals surface area contributed by atoms with E-state index in [1.54, 1.807) is 105 Å². The van der Waals surface area contributed by atoms with E-state index in [9.17, 15) is 24.0 Å². The maximum atomic E-state index is 15.1. The van der Waals surface area contributed by atoms with Crippen molar-refractivity contribution in [1.29, 1.82) is 0 Å². The molecule has 5 rings (SSSR count). The molecular weight excluding hydrogens is 1020 g/mol. The fourth-order valence-corrected chi connectivity index (χ4v) is 9.47. The number of nitrogens with one attached hydrogen (secondary N) is 5. The number of rotatable bonds is 11. The standard InChI is InChI=1S/C50H67BrClN9O9S/c1-48(2,3)68-45(65)55-22-14-13-17-36-44(64)60(10)39(26-30-29-61(47(67)70-50(7,8)9)38-19-12-11-16-31(30)38)42(63)58-27-32-33(51)20-21-34(52)40(32)71-43-37(53-24-25-54-43)28-57-35(41(62)59-36)18-15-23-56-46(66)69-49(4,5)6/h11-12,16,19-21,24-25,29,35-36,39,57H,13-15,17-18,22-23,26-28H2,1-10H3,(H,55,65)(H,56,66)(H,58,63)(H,59,62)/t35-,36-,39-/m0/s1. The van der Waals surface area contributed by atoms with Crippen molar-refractivity contribution in [3.05, 3.63) is 81.3 Å². The quantitative estimate of drug-likeness (QED) is 0.0704. The van der Waals surface area contributed by atoms with Crippen LogP contribution in [0.5, 0.6) is 0 Å². The smallest absolute Gasteiger partial charge is 0.419 e. The molecule has 0 aliphatic carbocycles. The van der Waals surface area contributed by atoms with Crippen LogP contribution in [0.2, 0.25) is 5.02 Å². The van der Waals surface area contributed by atoms with E-state index < -0.39 is 70.9 Å². The Kier molecular flexibility index (Phi) is 19.7. The third-order valence-corrected chi connectivity index (χ3v) is 13.2. The lowest BCUT2D eigenvalue weighted by Crippen LogP contribution is -2.57. The summed E-state index contributed by atoms with van der Waals surface area (Å²) in [6.45, 7) is 16.4. The second-order valence-corrected chi connectivity index (χ2v) is 22.4. The molecule has 0 radical (unpaired) electrons. The second-order valence-electron chi connectivity index (χ2n) is 20.1. The van der Waals surface area contributed by atoms with Crippen LogP contribution in [0.1, 0.15) is 111 Å². The Morgan fingerprint density at radius 1 is 0.803 bits per heavy atom. The maximum absolute atomic E-state index is 15.1. The minimum Gasteiger partial charge on any atom is -0.444 e. The lowest BCUT2D eigenvalue weighted by Gasteiger charge is -2.32. The molecule has 5 amide bonds. The van der Waals surface area contributed by atoms with Gasteiger partial charge in [-0.05, 0) is 118 Å². The van der Waals surface area contributed by atoms with Crippen molar-refractivity contribution in [3.8, 4) is 0 Å². The molecule has 1 aliphatic heterocycles. The van der Waals surface area contributed by atoms with E-state index in [1.807, 2.05) is 12.1 Å². The highest BCUT2D eigenvalue weighted by molar-refractivity contribution is 9.10. The Hall–Kier alpha value is -5.44. The van der Waals surface area contributed by atoms with Crippen LogP contribution in [-0.4, -0.2) is 111 Å². The number of hydrogen-bond acceptors (Lipinski definition) is 13. The first kappa shape index (κ1) is 56.5. The Bertz CT molecular complexity index is 2560. The zero-order valence-electron chi connectivity index (χ0n) is 42.1. The van der Waals surface area contributed by atoms with E-state index in [2.05, 4.69) is 52.5 Å². The lowest BCUT2D eigenvalue weighted by molar-refractivity contribution is -0.142. The minimum absolute atomic E-state index is 0.0153. The molecule has 0 saturated carbocycles. The number of nitrogens with zero attached hydrogens (tertiary/aromatic N) is 4. The number of benzene rings is 2. The predicted molar refractivity (Wildman–Crippen MR) is 275 cm³/mol. The van der Waals surface area contributed by atoms with E-state index in [0.29, 0.717) is 66.4 Å². The molecule has 5 N–H and O–H groups in total. The van der Waals surface area contributed by atoms with Gasteiger partial charge in [0, 0.05) is 78.6 Å². The molecule has 4 aromatic rings. The molecule has 0 fully saturated rings. The largest absolute Gasteiger partial charge is 0.444 e. The molecule has 21 heteroatoms. The van der Waals surface area contributed by atoms with Gasteiger partial charge in [0.15, 0.2) is 0 Å². The Morgan fingerprint density at radius 3 is 2.08 bits per heavy atom. The number of halogens is 2. The highest BCUT2D eigenvalue weighted by Crippen LogP contribution is 2.39. The summed E-state index contributed by atoms with van der Waals surface area (Å²) in [5.41, 5.74) is 0.0862. The van der Waals surface area contributed by atoms with Crippen LogP contribution < -0.4 is 26.6 Å².